The number of nitrogens with zero attached hydrogens (tertiary/aromatic N) is 4. The summed E-state index contributed by atoms with van der Waals surface area (Å²) in [6.45, 7) is 5.47. The number of fused-ring (bicyclic) bond motifs is 1. The minimum absolute atomic E-state index is 0.0893. The van der Waals surface area contributed by atoms with Gasteiger partial charge >= 0.3 is 23.9 Å². The molecule has 1 aliphatic heterocycles. The average Bonchev–Trinajstić information content (AvgIpc) is 3.61. The number of aromatic nitrogens is 4. The van der Waals surface area contributed by atoms with Crippen molar-refractivity contribution >= 4 is 40.9 Å². The zero-order valence-corrected chi connectivity index (χ0v) is 26.3. The van der Waals surface area contributed by atoms with Crippen LogP contribution in [-0.4, -0.2) is 81.5 Å². The Balaban J connectivity index is 1.57. The van der Waals surface area contributed by atoms with Crippen molar-refractivity contribution in [2.75, 3.05) is 25.1 Å². The Hall–Kier alpha value is -5.37. The van der Waals surface area contributed by atoms with Gasteiger partial charge in [-0.1, -0.05) is 60.7 Å². The van der Waals surface area contributed by atoms with Gasteiger partial charge in [0.05, 0.1) is 12.9 Å². The lowest BCUT2D eigenvalue weighted by molar-refractivity contribution is -0.166. The largest absolute Gasteiger partial charge is 0.463 e. The lowest BCUT2D eigenvalue weighted by atomic mass is 9.91. The molecule has 2 aromatic heterocycles. The number of anilines is 1. The summed E-state index contributed by atoms with van der Waals surface area (Å²) < 4.78 is 29.1. The SMILES string of the molecule is CCOC(=O)c1nc(NCC(c2ccccc2)c2ccccc2)c2ncn([C@@H]3O[C@H](COC(C)=O)[C@@H](OC(C)=O)[C@H]3OC(C)=O)c2n1. The van der Waals surface area contributed by atoms with E-state index in [0.717, 1.165) is 11.1 Å². The van der Waals surface area contributed by atoms with E-state index in [2.05, 4.69) is 20.3 Å². The molecule has 2 aromatic carbocycles. The van der Waals surface area contributed by atoms with Gasteiger partial charge in [0.25, 0.3) is 0 Å². The van der Waals surface area contributed by atoms with E-state index in [4.69, 9.17) is 23.7 Å². The Labute approximate surface area is 270 Å². The van der Waals surface area contributed by atoms with Crippen LogP contribution in [0.25, 0.3) is 11.2 Å². The molecule has 0 spiro atoms. The Morgan fingerprint density at radius 1 is 0.851 bits per heavy atom. The second-order valence-electron chi connectivity index (χ2n) is 10.7. The van der Waals surface area contributed by atoms with E-state index in [-0.39, 0.29) is 41.9 Å². The van der Waals surface area contributed by atoms with Gasteiger partial charge in [0.15, 0.2) is 35.4 Å². The number of nitrogens with one attached hydrogen (secondary N) is 1. The minimum atomic E-state index is -1.19. The van der Waals surface area contributed by atoms with Gasteiger partial charge in [-0.05, 0) is 18.1 Å². The molecule has 0 bridgehead atoms. The van der Waals surface area contributed by atoms with Crippen molar-refractivity contribution in [2.24, 2.45) is 0 Å². The Morgan fingerprint density at radius 2 is 1.47 bits per heavy atom. The summed E-state index contributed by atoms with van der Waals surface area (Å²) in [5, 5.41) is 3.36. The molecule has 1 aliphatic rings. The molecule has 0 aliphatic carbocycles. The van der Waals surface area contributed by atoms with Gasteiger partial charge < -0.3 is 29.0 Å². The van der Waals surface area contributed by atoms with Crippen LogP contribution in [0, 0.1) is 0 Å². The number of rotatable bonds is 12. The fourth-order valence-corrected chi connectivity index (χ4v) is 5.43. The van der Waals surface area contributed by atoms with Crippen LogP contribution in [0.15, 0.2) is 67.0 Å². The van der Waals surface area contributed by atoms with Crippen molar-refractivity contribution in [3.05, 3.63) is 83.9 Å². The molecule has 14 nitrogen and oxygen atoms in total. The second-order valence-corrected chi connectivity index (χ2v) is 10.7. The molecule has 14 heteroatoms. The maximum Gasteiger partial charge on any atom is 0.376 e. The lowest BCUT2D eigenvalue weighted by Gasteiger charge is -2.23. The van der Waals surface area contributed by atoms with E-state index in [1.807, 2.05) is 60.7 Å². The third kappa shape index (κ3) is 7.72. The zero-order valence-electron chi connectivity index (χ0n) is 26.3. The maximum absolute atomic E-state index is 12.9. The van der Waals surface area contributed by atoms with Crippen LogP contribution >= 0.6 is 0 Å². The molecular formula is C33H35N5O9. The number of hydrogen-bond donors (Lipinski definition) is 1. The highest BCUT2D eigenvalue weighted by Crippen LogP contribution is 2.37. The molecule has 5 rings (SSSR count). The van der Waals surface area contributed by atoms with Crippen molar-refractivity contribution in [1.82, 2.24) is 19.5 Å². The lowest BCUT2D eigenvalue weighted by Crippen LogP contribution is -2.40. The van der Waals surface area contributed by atoms with Crippen LogP contribution in [0.3, 0.4) is 0 Å². The summed E-state index contributed by atoms with van der Waals surface area (Å²) in [5.74, 6) is -2.75. The molecule has 3 heterocycles. The third-order valence-corrected chi connectivity index (χ3v) is 7.37. The molecule has 246 valence electrons. The minimum Gasteiger partial charge on any atom is -0.463 e. The van der Waals surface area contributed by atoms with Crippen LogP contribution in [0.2, 0.25) is 0 Å². The second kappa shape index (κ2) is 14.8. The summed E-state index contributed by atoms with van der Waals surface area (Å²) in [6.07, 6.45) is -3.08. The molecule has 47 heavy (non-hydrogen) atoms. The number of hydrogen-bond acceptors (Lipinski definition) is 13. The first-order valence-electron chi connectivity index (χ1n) is 15.0. The van der Waals surface area contributed by atoms with Crippen molar-refractivity contribution in [1.29, 1.82) is 0 Å². The molecular weight excluding hydrogens is 610 g/mol. The first kappa shape index (κ1) is 33.0. The van der Waals surface area contributed by atoms with Gasteiger partial charge in [-0.25, -0.2) is 19.7 Å². The zero-order chi connectivity index (χ0) is 33.5. The normalized spacial score (nSPS) is 18.9. The third-order valence-electron chi connectivity index (χ3n) is 7.37. The van der Waals surface area contributed by atoms with Gasteiger partial charge in [-0.2, -0.15) is 0 Å². The van der Waals surface area contributed by atoms with Crippen LogP contribution in [0.4, 0.5) is 5.82 Å². The molecule has 0 saturated carbocycles. The summed E-state index contributed by atoms with van der Waals surface area (Å²) >= 11 is 0. The van der Waals surface area contributed by atoms with E-state index in [9.17, 15) is 19.2 Å². The van der Waals surface area contributed by atoms with Gasteiger partial charge in [-0.15, -0.1) is 0 Å². The molecule has 4 atom stereocenters. The molecule has 0 unspecified atom stereocenters. The van der Waals surface area contributed by atoms with Crippen molar-refractivity contribution in [2.45, 2.75) is 58.2 Å². The van der Waals surface area contributed by atoms with E-state index >= 15 is 0 Å². The summed E-state index contributed by atoms with van der Waals surface area (Å²) in [4.78, 5) is 62.3. The standard InChI is InChI=1S/C33H35N5O9/c1-5-43-33(42)30-36-29(34-16-24(22-12-8-6-9-13-22)23-14-10-7-11-15-23)26-31(37-30)38(18-35-26)32-28(46-21(4)41)27(45-20(3)40)25(47-32)17-44-19(2)39/h6-15,18,24-25,27-28,32H,5,16-17H2,1-4H3,(H,34,36,37)/t25-,27-,28-,32-/m1/s1. The first-order chi connectivity index (χ1) is 22.7. The highest BCUT2D eigenvalue weighted by molar-refractivity contribution is 5.91. The van der Waals surface area contributed by atoms with E-state index in [0.29, 0.717) is 6.54 Å². The summed E-state index contributed by atoms with van der Waals surface area (Å²) in [5.41, 5.74) is 2.56. The summed E-state index contributed by atoms with van der Waals surface area (Å²) in [7, 11) is 0. The van der Waals surface area contributed by atoms with Crippen molar-refractivity contribution < 1.29 is 42.9 Å². The van der Waals surface area contributed by atoms with Gasteiger partial charge in [0.2, 0.25) is 5.82 Å². The number of carbonyl (C=O) groups excluding carboxylic acids is 4. The monoisotopic (exact) mass is 645 g/mol. The fourth-order valence-electron chi connectivity index (χ4n) is 5.43. The quantitative estimate of drug-likeness (QED) is 0.175. The van der Waals surface area contributed by atoms with E-state index < -0.39 is 48.4 Å². The molecule has 1 fully saturated rings. The predicted octanol–water partition coefficient (Wildman–Crippen LogP) is 3.57. The average molecular weight is 646 g/mol. The van der Waals surface area contributed by atoms with E-state index in [1.165, 1.54) is 31.7 Å². The topological polar surface area (TPSA) is 170 Å². The van der Waals surface area contributed by atoms with Gasteiger partial charge in [-0.3, -0.25) is 19.0 Å². The van der Waals surface area contributed by atoms with Crippen LogP contribution < -0.4 is 5.32 Å². The van der Waals surface area contributed by atoms with Crippen LogP contribution in [0.1, 0.15) is 61.6 Å². The number of esters is 4. The molecule has 1 saturated heterocycles. The smallest absolute Gasteiger partial charge is 0.376 e. The molecule has 1 N–H and O–H groups in total. The van der Waals surface area contributed by atoms with Crippen LogP contribution in [-0.2, 0) is 38.1 Å². The summed E-state index contributed by atoms with van der Waals surface area (Å²) in [6, 6.07) is 19.9. The maximum atomic E-state index is 12.9. The number of imidazole rings is 1. The molecule has 0 amide bonds. The van der Waals surface area contributed by atoms with Crippen molar-refractivity contribution in [3.63, 3.8) is 0 Å². The predicted molar refractivity (Wildman–Crippen MR) is 166 cm³/mol. The molecule has 0 radical (unpaired) electrons. The van der Waals surface area contributed by atoms with Gasteiger partial charge in [0.1, 0.15) is 12.7 Å². The number of ether oxygens (including phenoxy) is 5. The first-order valence-corrected chi connectivity index (χ1v) is 15.0. The Kier molecular flexibility index (Phi) is 10.4. The van der Waals surface area contributed by atoms with E-state index in [1.54, 1.807) is 6.92 Å². The Morgan fingerprint density at radius 3 is 2.04 bits per heavy atom. The van der Waals surface area contributed by atoms with Gasteiger partial charge in [0, 0.05) is 33.2 Å². The highest BCUT2D eigenvalue weighted by Gasteiger charge is 2.51. The highest BCUT2D eigenvalue weighted by atomic mass is 16.7. The number of carbonyl (C=O) groups is 4. The van der Waals surface area contributed by atoms with Crippen molar-refractivity contribution in [3.8, 4) is 0 Å². The van der Waals surface area contributed by atoms with Crippen LogP contribution in [0.5, 0.6) is 0 Å². The number of benzene rings is 2. The Bertz CT molecular complexity index is 1690. The fraction of sp³-hybridized carbons (Fsp3) is 0.364. The molecule has 4 aromatic rings.